The van der Waals surface area contributed by atoms with Gasteiger partial charge in [0, 0.05) is 11.9 Å². The molecule has 8 nitrogen and oxygen atoms in total. The van der Waals surface area contributed by atoms with Gasteiger partial charge in [0.05, 0.1) is 17.9 Å². The number of hydrogen-bond donors (Lipinski definition) is 2. The maximum atomic E-state index is 12.4. The Hall–Kier alpha value is -2.64. The zero-order valence-electron chi connectivity index (χ0n) is 15.3. The highest BCUT2D eigenvalue weighted by Gasteiger charge is 2.30. The number of amides is 1. The topological polar surface area (TPSA) is 102 Å². The van der Waals surface area contributed by atoms with Crippen molar-refractivity contribution in [2.24, 2.45) is 0 Å². The van der Waals surface area contributed by atoms with Gasteiger partial charge >= 0.3 is 5.97 Å². The molecule has 2 aromatic heterocycles. The third-order valence-corrected chi connectivity index (χ3v) is 4.38. The smallest absolute Gasteiger partial charge is 0.331 e. The van der Waals surface area contributed by atoms with Crippen molar-refractivity contribution in [2.75, 3.05) is 5.32 Å². The minimum Gasteiger partial charge on any atom is -0.479 e. The molecule has 136 valence electrons. The molecule has 0 bridgehead atoms. The van der Waals surface area contributed by atoms with E-state index in [-0.39, 0.29) is 11.9 Å². The maximum Gasteiger partial charge on any atom is 0.331 e. The number of nitrogens with zero attached hydrogens (tertiary/aromatic N) is 4. The molecular formula is C17H25N5O3. The first-order chi connectivity index (χ1) is 11.7. The third kappa shape index (κ3) is 3.72. The molecule has 25 heavy (non-hydrogen) atoms. The Morgan fingerprint density at radius 2 is 1.96 bits per heavy atom. The van der Waals surface area contributed by atoms with Crippen LogP contribution in [0.15, 0.2) is 18.5 Å². The molecule has 0 saturated carbocycles. The monoisotopic (exact) mass is 347 g/mol. The Balaban J connectivity index is 2.17. The average molecular weight is 347 g/mol. The number of aryl methyl sites for hydroxylation is 1. The molecule has 0 aliphatic rings. The fraction of sp³-hybridized carbons (Fsp3) is 0.529. The number of aliphatic carboxylic acids is 1. The Bertz CT molecular complexity index is 771. The average Bonchev–Trinajstić information content (AvgIpc) is 3.16. The van der Waals surface area contributed by atoms with Crippen molar-refractivity contribution in [2.45, 2.75) is 59.0 Å². The lowest BCUT2D eigenvalue weighted by molar-refractivity contribution is -0.146. The standard InChI is InChI=1S/C17H25N5O3/c1-6-13(7-2)22-11(3)8-14(20-22)15(23)19-12-9-18-21(10-12)17(4,5)16(24)25/h8-10,13H,6-7H2,1-5H3,(H,19,23)(H,24,25). The summed E-state index contributed by atoms with van der Waals surface area (Å²) in [7, 11) is 0. The highest BCUT2D eigenvalue weighted by molar-refractivity contribution is 6.02. The number of aromatic nitrogens is 4. The number of carbonyl (C=O) groups is 2. The molecule has 1 amide bonds. The van der Waals surface area contributed by atoms with Crippen LogP contribution in [0.2, 0.25) is 0 Å². The fourth-order valence-electron chi connectivity index (χ4n) is 2.59. The molecule has 2 aromatic rings. The molecule has 0 aliphatic heterocycles. The largest absolute Gasteiger partial charge is 0.479 e. The van der Waals surface area contributed by atoms with Gasteiger partial charge in [-0.15, -0.1) is 0 Å². The van der Waals surface area contributed by atoms with Gasteiger partial charge < -0.3 is 10.4 Å². The highest BCUT2D eigenvalue weighted by atomic mass is 16.4. The first-order valence-electron chi connectivity index (χ1n) is 8.36. The molecular weight excluding hydrogens is 322 g/mol. The minimum atomic E-state index is -1.20. The van der Waals surface area contributed by atoms with Crippen LogP contribution in [0.1, 0.15) is 62.8 Å². The zero-order valence-corrected chi connectivity index (χ0v) is 15.3. The normalized spacial score (nSPS) is 11.8. The fourth-order valence-corrected chi connectivity index (χ4v) is 2.59. The summed E-state index contributed by atoms with van der Waals surface area (Å²) < 4.78 is 3.19. The van der Waals surface area contributed by atoms with Crippen LogP contribution in [-0.4, -0.2) is 36.5 Å². The van der Waals surface area contributed by atoms with E-state index in [2.05, 4.69) is 29.4 Å². The number of hydrogen-bond acceptors (Lipinski definition) is 4. The summed E-state index contributed by atoms with van der Waals surface area (Å²) >= 11 is 0. The second-order valence-electron chi connectivity index (χ2n) is 6.58. The molecule has 0 fully saturated rings. The summed E-state index contributed by atoms with van der Waals surface area (Å²) in [6.07, 6.45) is 4.80. The van der Waals surface area contributed by atoms with E-state index >= 15 is 0 Å². The predicted molar refractivity (Wildman–Crippen MR) is 93.7 cm³/mol. The van der Waals surface area contributed by atoms with Crippen LogP contribution in [-0.2, 0) is 10.3 Å². The molecule has 0 aromatic carbocycles. The number of carboxylic acid groups (broad SMARTS) is 1. The number of nitrogens with one attached hydrogen (secondary N) is 1. The summed E-state index contributed by atoms with van der Waals surface area (Å²) in [5.41, 5.74) is 0.488. The van der Waals surface area contributed by atoms with E-state index in [1.807, 2.05) is 11.6 Å². The van der Waals surface area contributed by atoms with E-state index in [4.69, 9.17) is 0 Å². The van der Waals surface area contributed by atoms with Gasteiger partial charge in [0.25, 0.3) is 5.91 Å². The van der Waals surface area contributed by atoms with Crippen LogP contribution >= 0.6 is 0 Å². The van der Waals surface area contributed by atoms with Crippen LogP contribution in [0, 0.1) is 6.92 Å². The summed E-state index contributed by atoms with van der Waals surface area (Å²) in [6.45, 7) is 9.18. The van der Waals surface area contributed by atoms with Gasteiger partial charge in [-0.05, 0) is 39.7 Å². The quantitative estimate of drug-likeness (QED) is 0.802. The van der Waals surface area contributed by atoms with Crippen LogP contribution < -0.4 is 5.32 Å². The van der Waals surface area contributed by atoms with Gasteiger partial charge in [-0.3, -0.25) is 14.2 Å². The van der Waals surface area contributed by atoms with Crippen LogP contribution in [0.3, 0.4) is 0 Å². The second-order valence-corrected chi connectivity index (χ2v) is 6.58. The van der Waals surface area contributed by atoms with E-state index in [0.717, 1.165) is 18.5 Å². The number of rotatable bonds is 7. The van der Waals surface area contributed by atoms with Gasteiger partial charge in [0.2, 0.25) is 0 Å². The van der Waals surface area contributed by atoms with Crippen molar-refractivity contribution >= 4 is 17.6 Å². The predicted octanol–water partition coefficient (Wildman–Crippen LogP) is 2.82. The Morgan fingerprint density at radius 1 is 1.32 bits per heavy atom. The van der Waals surface area contributed by atoms with Gasteiger partial charge in [0.1, 0.15) is 0 Å². The Morgan fingerprint density at radius 3 is 2.52 bits per heavy atom. The van der Waals surface area contributed by atoms with Gasteiger partial charge in [0.15, 0.2) is 11.2 Å². The van der Waals surface area contributed by atoms with Crippen LogP contribution in [0.25, 0.3) is 0 Å². The van der Waals surface area contributed by atoms with E-state index in [1.54, 1.807) is 6.07 Å². The van der Waals surface area contributed by atoms with Crippen molar-refractivity contribution in [1.82, 2.24) is 19.6 Å². The lowest BCUT2D eigenvalue weighted by Crippen LogP contribution is -2.35. The molecule has 8 heteroatoms. The molecule has 0 spiro atoms. The van der Waals surface area contributed by atoms with Crippen LogP contribution in [0.4, 0.5) is 5.69 Å². The molecule has 2 rings (SSSR count). The molecule has 0 aliphatic carbocycles. The van der Waals surface area contributed by atoms with Gasteiger partial charge in [-0.2, -0.15) is 10.2 Å². The zero-order chi connectivity index (χ0) is 18.8. The van der Waals surface area contributed by atoms with E-state index in [9.17, 15) is 14.7 Å². The maximum absolute atomic E-state index is 12.4. The third-order valence-electron chi connectivity index (χ3n) is 4.38. The summed E-state index contributed by atoms with van der Waals surface area (Å²) in [5.74, 6) is -1.35. The van der Waals surface area contributed by atoms with Crippen molar-refractivity contribution in [3.8, 4) is 0 Å². The Kier molecular flexibility index (Phi) is 5.30. The molecule has 0 atom stereocenters. The van der Waals surface area contributed by atoms with E-state index in [1.165, 1.54) is 30.9 Å². The molecule has 2 heterocycles. The molecule has 0 saturated heterocycles. The SMILES string of the molecule is CCC(CC)n1nc(C(=O)Nc2cnn(C(C)(C)C(=O)O)c2)cc1C. The number of anilines is 1. The van der Waals surface area contributed by atoms with Crippen molar-refractivity contribution < 1.29 is 14.7 Å². The van der Waals surface area contributed by atoms with E-state index in [0.29, 0.717) is 11.4 Å². The summed E-state index contributed by atoms with van der Waals surface area (Å²) in [6, 6.07) is 2.01. The summed E-state index contributed by atoms with van der Waals surface area (Å²) in [5, 5.41) is 20.4. The van der Waals surface area contributed by atoms with E-state index < -0.39 is 11.5 Å². The second kappa shape index (κ2) is 7.08. The highest BCUT2D eigenvalue weighted by Crippen LogP contribution is 2.20. The minimum absolute atomic E-state index is 0.265. The lowest BCUT2D eigenvalue weighted by Gasteiger charge is -2.19. The number of carboxylic acids is 1. The van der Waals surface area contributed by atoms with Crippen molar-refractivity contribution in [3.05, 3.63) is 29.8 Å². The van der Waals surface area contributed by atoms with Crippen molar-refractivity contribution in [3.63, 3.8) is 0 Å². The first kappa shape index (κ1) is 18.7. The molecule has 0 unspecified atom stereocenters. The summed E-state index contributed by atoms with van der Waals surface area (Å²) in [4.78, 5) is 23.7. The lowest BCUT2D eigenvalue weighted by atomic mass is 10.1. The van der Waals surface area contributed by atoms with Gasteiger partial charge in [-0.1, -0.05) is 13.8 Å². The number of carbonyl (C=O) groups excluding carboxylic acids is 1. The Labute approximate surface area is 146 Å². The van der Waals surface area contributed by atoms with Crippen LogP contribution in [0.5, 0.6) is 0 Å². The molecule has 2 N–H and O–H groups in total. The first-order valence-corrected chi connectivity index (χ1v) is 8.36. The molecule has 0 radical (unpaired) electrons. The van der Waals surface area contributed by atoms with Crippen molar-refractivity contribution in [1.29, 1.82) is 0 Å². The van der Waals surface area contributed by atoms with Gasteiger partial charge in [-0.25, -0.2) is 4.79 Å².